The zero-order chi connectivity index (χ0) is 13.1. The number of nitrogens with one attached hydrogen (secondary N) is 1. The van der Waals surface area contributed by atoms with Crippen molar-refractivity contribution in [3.05, 3.63) is 58.1 Å². The van der Waals surface area contributed by atoms with E-state index in [4.69, 9.17) is 23.2 Å². The van der Waals surface area contributed by atoms with Crippen molar-refractivity contribution in [2.45, 2.75) is 0 Å². The number of carbonyl (C=O) groups is 1. The van der Waals surface area contributed by atoms with Gasteiger partial charge in [-0.25, -0.2) is 4.98 Å². The van der Waals surface area contributed by atoms with Gasteiger partial charge in [-0.1, -0.05) is 29.3 Å². The third-order valence-corrected chi connectivity index (χ3v) is 2.69. The fourth-order valence-corrected chi connectivity index (χ4v) is 1.65. The highest BCUT2D eigenvalue weighted by Crippen LogP contribution is 2.25. The highest BCUT2D eigenvalue weighted by atomic mass is 35.5. The lowest BCUT2D eigenvalue weighted by Gasteiger charge is -2.07. The molecule has 1 heterocycles. The second kappa shape index (κ2) is 5.33. The van der Waals surface area contributed by atoms with Crippen LogP contribution >= 0.6 is 23.2 Å². The van der Waals surface area contributed by atoms with E-state index in [0.717, 1.165) is 6.07 Å². The van der Waals surface area contributed by atoms with E-state index >= 15 is 0 Å². The molecule has 0 saturated heterocycles. The largest absolute Gasteiger partial charge is 0.319 e. The summed E-state index contributed by atoms with van der Waals surface area (Å²) in [6.07, 6.45) is 0. The maximum Gasteiger partial charge on any atom is 0.274 e. The standard InChI is InChI=1S/C12H7Cl2FN2O/c13-7-4-5-8(14)10(6-7)17-12(18)9-2-1-3-11(15)16-9/h1-6H,(H,17,18). The van der Waals surface area contributed by atoms with Gasteiger partial charge < -0.3 is 5.32 Å². The normalized spacial score (nSPS) is 10.2. The van der Waals surface area contributed by atoms with Crippen LogP contribution in [0.2, 0.25) is 10.0 Å². The number of aromatic nitrogens is 1. The summed E-state index contributed by atoms with van der Waals surface area (Å²) in [6, 6.07) is 8.61. The number of halogens is 3. The fourth-order valence-electron chi connectivity index (χ4n) is 1.31. The third-order valence-electron chi connectivity index (χ3n) is 2.12. The number of benzene rings is 1. The SMILES string of the molecule is O=C(Nc1cc(Cl)ccc1Cl)c1cccc(F)n1. The van der Waals surface area contributed by atoms with Crippen molar-refractivity contribution in [1.29, 1.82) is 0 Å². The highest BCUT2D eigenvalue weighted by Gasteiger charge is 2.10. The second-order valence-electron chi connectivity index (χ2n) is 3.42. The molecule has 0 atom stereocenters. The minimum Gasteiger partial charge on any atom is -0.319 e. The Morgan fingerprint density at radius 1 is 1.22 bits per heavy atom. The van der Waals surface area contributed by atoms with Crippen LogP contribution in [0.25, 0.3) is 0 Å². The van der Waals surface area contributed by atoms with E-state index in [-0.39, 0.29) is 5.69 Å². The van der Waals surface area contributed by atoms with Crippen molar-refractivity contribution in [1.82, 2.24) is 4.98 Å². The van der Waals surface area contributed by atoms with E-state index < -0.39 is 11.9 Å². The molecule has 92 valence electrons. The predicted octanol–water partition coefficient (Wildman–Crippen LogP) is 3.78. The maximum atomic E-state index is 12.9. The molecule has 18 heavy (non-hydrogen) atoms. The number of hydrogen-bond acceptors (Lipinski definition) is 2. The molecule has 3 nitrogen and oxygen atoms in total. The summed E-state index contributed by atoms with van der Waals surface area (Å²) in [4.78, 5) is 15.3. The summed E-state index contributed by atoms with van der Waals surface area (Å²) in [7, 11) is 0. The van der Waals surface area contributed by atoms with Crippen molar-refractivity contribution in [2.75, 3.05) is 5.32 Å². The van der Waals surface area contributed by atoms with Gasteiger partial charge in [0.1, 0.15) is 5.69 Å². The third kappa shape index (κ3) is 2.97. The molecule has 0 aliphatic heterocycles. The van der Waals surface area contributed by atoms with Gasteiger partial charge in [0, 0.05) is 5.02 Å². The lowest BCUT2D eigenvalue weighted by molar-refractivity contribution is 0.102. The minimum atomic E-state index is -0.722. The Hall–Kier alpha value is -1.65. The first-order chi connectivity index (χ1) is 8.56. The summed E-state index contributed by atoms with van der Waals surface area (Å²) >= 11 is 11.7. The van der Waals surface area contributed by atoms with Crippen LogP contribution in [0.4, 0.5) is 10.1 Å². The average Bonchev–Trinajstić information content (AvgIpc) is 2.34. The molecule has 1 amide bonds. The molecule has 2 rings (SSSR count). The molecule has 0 bridgehead atoms. The van der Waals surface area contributed by atoms with Crippen LogP contribution in [0.5, 0.6) is 0 Å². The number of carbonyl (C=O) groups excluding carboxylic acids is 1. The topological polar surface area (TPSA) is 42.0 Å². The van der Waals surface area contributed by atoms with E-state index in [1.807, 2.05) is 0 Å². The lowest BCUT2D eigenvalue weighted by atomic mass is 10.3. The summed E-state index contributed by atoms with van der Waals surface area (Å²) in [5.41, 5.74) is 0.311. The molecular formula is C12H7Cl2FN2O. The molecule has 6 heteroatoms. The van der Waals surface area contributed by atoms with Crippen LogP contribution in [-0.4, -0.2) is 10.9 Å². The molecule has 0 radical (unpaired) electrons. The summed E-state index contributed by atoms with van der Waals surface area (Å²) in [6.45, 7) is 0. The van der Waals surface area contributed by atoms with Crippen LogP contribution in [0.1, 0.15) is 10.5 Å². The van der Waals surface area contributed by atoms with Crippen molar-refractivity contribution in [3.63, 3.8) is 0 Å². The predicted molar refractivity (Wildman–Crippen MR) is 68.6 cm³/mol. The molecule has 0 saturated carbocycles. The first-order valence-corrected chi connectivity index (χ1v) is 5.71. The number of anilines is 1. The number of pyridine rings is 1. The zero-order valence-corrected chi connectivity index (χ0v) is 10.5. The van der Waals surface area contributed by atoms with Gasteiger partial charge in [0.05, 0.1) is 10.7 Å². The van der Waals surface area contributed by atoms with Gasteiger partial charge in [0.2, 0.25) is 5.95 Å². The molecule has 2 aromatic rings. The van der Waals surface area contributed by atoms with E-state index in [2.05, 4.69) is 10.3 Å². The summed E-state index contributed by atoms with van der Waals surface area (Å²) < 4.78 is 12.9. The van der Waals surface area contributed by atoms with Crippen molar-refractivity contribution in [2.24, 2.45) is 0 Å². The van der Waals surface area contributed by atoms with Crippen molar-refractivity contribution < 1.29 is 9.18 Å². The smallest absolute Gasteiger partial charge is 0.274 e. The molecule has 0 unspecified atom stereocenters. The van der Waals surface area contributed by atoms with E-state index in [1.54, 1.807) is 12.1 Å². The lowest BCUT2D eigenvalue weighted by Crippen LogP contribution is -2.14. The molecule has 1 N–H and O–H groups in total. The molecule has 0 aliphatic rings. The molecule has 0 spiro atoms. The van der Waals surface area contributed by atoms with Crippen LogP contribution in [0.15, 0.2) is 36.4 Å². The average molecular weight is 285 g/mol. The molecule has 1 aromatic carbocycles. The Kier molecular flexibility index (Phi) is 3.79. The highest BCUT2D eigenvalue weighted by molar-refractivity contribution is 6.35. The van der Waals surface area contributed by atoms with Gasteiger partial charge in [-0.15, -0.1) is 0 Å². The zero-order valence-electron chi connectivity index (χ0n) is 8.95. The van der Waals surface area contributed by atoms with Crippen LogP contribution in [0.3, 0.4) is 0 Å². The van der Waals surface area contributed by atoms with Crippen LogP contribution in [-0.2, 0) is 0 Å². The first kappa shape index (κ1) is 12.8. The number of amides is 1. The fraction of sp³-hybridized carbons (Fsp3) is 0. The number of rotatable bonds is 2. The van der Waals surface area contributed by atoms with Gasteiger partial charge in [0.15, 0.2) is 0 Å². The molecular weight excluding hydrogens is 278 g/mol. The number of nitrogens with zero attached hydrogens (tertiary/aromatic N) is 1. The quantitative estimate of drug-likeness (QED) is 0.853. The van der Waals surface area contributed by atoms with Gasteiger partial charge in [-0.3, -0.25) is 4.79 Å². The Balaban J connectivity index is 2.24. The Bertz CT molecular complexity index is 604. The maximum absolute atomic E-state index is 12.9. The van der Waals surface area contributed by atoms with Crippen LogP contribution in [0, 0.1) is 5.95 Å². The van der Waals surface area contributed by atoms with Gasteiger partial charge >= 0.3 is 0 Å². The number of hydrogen-bond donors (Lipinski definition) is 1. The Morgan fingerprint density at radius 3 is 2.72 bits per heavy atom. The molecule has 0 fully saturated rings. The van der Waals surface area contributed by atoms with Gasteiger partial charge in [-0.2, -0.15) is 4.39 Å². The van der Waals surface area contributed by atoms with Gasteiger partial charge in [0.25, 0.3) is 5.91 Å². The monoisotopic (exact) mass is 284 g/mol. The van der Waals surface area contributed by atoms with Crippen molar-refractivity contribution in [3.8, 4) is 0 Å². The van der Waals surface area contributed by atoms with E-state index in [0.29, 0.717) is 15.7 Å². The Labute approximate surface area is 113 Å². The molecule has 1 aromatic heterocycles. The molecule has 0 aliphatic carbocycles. The van der Waals surface area contributed by atoms with Crippen molar-refractivity contribution >= 4 is 34.8 Å². The second-order valence-corrected chi connectivity index (χ2v) is 4.27. The first-order valence-electron chi connectivity index (χ1n) is 4.95. The Morgan fingerprint density at radius 2 is 2.00 bits per heavy atom. The summed E-state index contributed by atoms with van der Waals surface area (Å²) in [5.74, 6) is -1.28. The van der Waals surface area contributed by atoms with E-state index in [9.17, 15) is 9.18 Å². The van der Waals surface area contributed by atoms with Crippen LogP contribution < -0.4 is 5.32 Å². The van der Waals surface area contributed by atoms with Gasteiger partial charge in [-0.05, 0) is 30.3 Å². The van der Waals surface area contributed by atoms with E-state index in [1.165, 1.54) is 18.2 Å². The summed E-state index contributed by atoms with van der Waals surface area (Å²) in [5, 5.41) is 3.28. The minimum absolute atomic E-state index is 0.0361.